The summed E-state index contributed by atoms with van der Waals surface area (Å²) in [6.07, 6.45) is 1.01. The highest BCUT2D eigenvalue weighted by Gasteiger charge is 1.98. The monoisotopic (exact) mass is 188 g/mol. The van der Waals surface area contributed by atoms with Crippen molar-refractivity contribution >= 4 is 5.97 Å². The van der Waals surface area contributed by atoms with Gasteiger partial charge < -0.3 is 15.3 Å². The lowest BCUT2D eigenvalue weighted by Crippen LogP contribution is -2.29. The molecule has 0 fully saturated rings. The van der Waals surface area contributed by atoms with E-state index in [4.69, 9.17) is 5.11 Å². The first-order valence-corrected chi connectivity index (χ1v) is 4.85. The molecule has 0 aliphatic carbocycles. The molecule has 0 atom stereocenters. The van der Waals surface area contributed by atoms with Crippen LogP contribution in [0.15, 0.2) is 0 Å². The molecule has 4 nitrogen and oxygen atoms in total. The highest BCUT2D eigenvalue weighted by Crippen LogP contribution is 1.88. The first-order valence-electron chi connectivity index (χ1n) is 4.85. The second-order valence-electron chi connectivity index (χ2n) is 2.95. The van der Waals surface area contributed by atoms with Crippen LogP contribution < -0.4 is 5.32 Å². The van der Waals surface area contributed by atoms with E-state index in [1.54, 1.807) is 0 Å². The van der Waals surface area contributed by atoms with E-state index < -0.39 is 5.97 Å². The Bertz CT molecular complexity index is 136. The number of rotatable bonds is 8. The number of carboxylic acid groups (broad SMARTS) is 1. The highest BCUT2D eigenvalue weighted by atomic mass is 16.4. The minimum atomic E-state index is -0.789. The maximum Gasteiger partial charge on any atom is 0.317 e. The van der Waals surface area contributed by atoms with Crippen molar-refractivity contribution < 1.29 is 9.90 Å². The van der Waals surface area contributed by atoms with Gasteiger partial charge in [0.05, 0.1) is 6.54 Å². The van der Waals surface area contributed by atoms with Crippen molar-refractivity contribution in [3.05, 3.63) is 0 Å². The van der Waals surface area contributed by atoms with E-state index in [9.17, 15) is 4.79 Å². The van der Waals surface area contributed by atoms with Gasteiger partial charge in [0.25, 0.3) is 0 Å². The summed E-state index contributed by atoms with van der Waals surface area (Å²) in [4.78, 5) is 12.5. The van der Waals surface area contributed by atoms with E-state index >= 15 is 0 Å². The minimum Gasteiger partial charge on any atom is -0.480 e. The fourth-order valence-corrected chi connectivity index (χ4v) is 1.16. The molecular weight excluding hydrogens is 168 g/mol. The van der Waals surface area contributed by atoms with Crippen molar-refractivity contribution in [2.24, 2.45) is 0 Å². The number of aliphatic carboxylic acids is 1. The van der Waals surface area contributed by atoms with Crippen LogP contribution in [0, 0.1) is 0 Å². The van der Waals surface area contributed by atoms with E-state index in [-0.39, 0.29) is 6.54 Å². The molecule has 13 heavy (non-hydrogen) atoms. The van der Waals surface area contributed by atoms with Crippen molar-refractivity contribution in [1.82, 2.24) is 10.2 Å². The molecule has 0 unspecified atom stereocenters. The summed E-state index contributed by atoms with van der Waals surface area (Å²) in [5.41, 5.74) is 0. The number of nitrogens with one attached hydrogen (secondary N) is 1. The van der Waals surface area contributed by atoms with Crippen LogP contribution in [-0.4, -0.2) is 48.7 Å². The zero-order valence-corrected chi connectivity index (χ0v) is 8.55. The number of hydrogen-bond acceptors (Lipinski definition) is 3. The molecule has 0 aromatic heterocycles. The smallest absolute Gasteiger partial charge is 0.317 e. The predicted molar refractivity (Wildman–Crippen MR) is 52.9 cm³/mol. The molecule has 0 spiro atoms. The van der Waals surface area contributed by atoms with E-state index in [2.05, 4.69) is 24.1 Å². The van der Waals surface area contributed by atoms with Gasteiger partial charge >= 0.3 is 5.97 Å². The maximum atomic E-state index is 10.1. The first kappa shape index (κ1) is 12.4. The molecule has 0 saturated heterocycles. The van der Waals surface area contributed by atoms with Crippen molar-refractivity contribution in [3.63, 3.8) is 0 Å². The van der Waals surface area contributed by atoms with Gasteiger partial charge in [-0.2, -0.15) is 0 Å². The van der Waals surface area contributed by atoms with E-state index in [1.807, 2.05) is 0 Å². The van der Waals surface area contributed by atoms with Crippen LogP contribution in [0.2, 0.25) is 0 Å². The molecule has 4 heteroatoms. The summed E-state index contributed by atoms with van der Waals surface area (Å²) in [6.45, 7) is 8.29. The summed E-state index contributed by atoms with van der Waals surface area (Å²) in [6, 6.07) is 0. The van der Waals surface area contributed by atoms with Crippen LogP contribution in [0.25, 0.3) is 0 Å². The molecule has 0 amide bonds. The number of nitrogens with zero attached hydrogens (tertiary/aromatic N) is 1. The van der Waals surface area contributed by atoms with Crippen LogP contribution in [0.4, 0.5) is 0 Å². The summed E-state index contributed by atoms with van der Waals surface area (Å²) in [5.74, 6) is -0.789. The van der Waals surface area contributed by atoms with E-state index in [1.165, 1.54) is 0 Å². The largest absolute Gasteiger partial charge is 0.480 e. The molecular formula is C9H20N2O2. The fraction of sp³-hybridized carbons (Fsp3) is 0.889. The Morgan fingerprint density at radius 1 is 1.38 bits per heavy atom. The van der Waals surface area contributed by atoms with E-state index in [0.717, 1.165) is 32.6 Å². The molecule has 0 aromatic rings. The Morgan fingerprint density at radius 3 is 2.46 bits per heavy atom. The number of carbonyl (C=O) groups is 1. The van der Waals surface area contributed by atoms with Crippen molar-refractivity contribution in [1.29, 1.82) is 0 Å². The van der Waals surface area contributed by atoms with Gasteiger partial charge in [0.1, 0.15) is 0 Å². The number of hydrogen-bond donors (Lipinski definition) is 2. The standard InChI is InChI=1S/C9H20N2O2/c1-3-11(4-2)7-5-6-10-8-9(12)13/h10H,3-8H2,1-2H3,(H,12,13). The third kappa shape index (κ3) is 7.74. The Morgan fingerprint density at radius 2 is 2.00 bits per heavy atom. The topological polar surface area (TPSA) is 52.6 Å². The summed E-state index contributed by atoms with van der Waals surface area (Å²) < 4.78 is 0. The lowest BCUT2D eigenvalue weighted by Gasteiger charge is -2.17. The van der Waals surface area contributed by atoms with Crippen LogP contribution >= 0.6 is 0 Å². The van der Waals surface area contributed by atoms with Gasteiger partial charge in [-0.25, -0.2) is 0 Å². The average Bonchev–Trinajstić information content (AvgIpc) is 2.11. The van der Waals surface area contributed by atoms with Gasteiger partial charge in [-0.05, 0) is 32.6 Å². The van der Waals surface area contributed by atoms with Crippen molar-refractivity contribution in [3.8, 4) is 0 Å². The van der Waals surface area contributed by atoms with Gasteiger partial charge in [0.2, 0.25) is 0 Å². The fourth-order valence-electron chi connectivity index (χ4n) is 1.16. The molecule has 2 N–H and O–H groups in total. The second-order valence-corrected chi connectivity index (χ2v) is 2.95. The van der Waals surface area contributed by atoms with Gasteiger partial charge in [-0.3, -0.25) is 4.79 Å². The van der Waals surface area contributed by atoms with Crippen molar-refractivity contribution in [2.75, 3.05) is 32.7 Å². The second kappa shape index (κ2) is 8.01. The van der Waals surface area contributed by atoms with Gasteiger partial charge in [-0.1, -0.05) is 13.8 Å². The Balaban J connectivity index is 3.19. The molecule has 0 rings (SSSR count). The van der Waals surface area contributed by atoms with Crippen LogP contribution in [0.5, 0.6) is 0 Å². The van der Waals surface area contributed by atoms with Crippen LogP contribution in [0.1, 0.15) is 20.3 Å². The summed E-state index contributed by atoms with van der Waals surface area (Å²) in [7, 11) is 0. The first-order chi connectivity index (χ1) is 6.20. The Hall–Kier alpha value is -0.610. The molecule has 0 aliphatic heterocycles. The minimum absolute atomic E-state index is 0.0677. The Kier molecular flexibility index (Phi) is 7.63. The Labute approximate surface area is 79.9 Å². The zero-order valence-electron chi connectivity index (χ0n) is 8.55. The molecule has 0 aromatic carbocycles. The summed E-state index contributed by atoms with van der Waals surface area (Å²) in [5, 5.41) is 11.2. The quantitative estimate of drug-likeness (QED) is 0.541. The average molecular weight is 188 g/mol. The third-order valence-electron chi connectivity index (χ3n) is 2.00. The van der Waals surface area contributed by atoms with Gasteiger partial charge in [0, 0.05) is 0 Å². The summed E-state index contributed by atoms with van der Waals surface area (Å²) >= 11 is 0. The van der Waals surface area contributed by atoms with Gasteiger partial charge in [0.15, 0.2) is 0 Å². The SMILES string of the molecule is CCN(CC)CCCNCC(=O)O. The third-order valence-corrected chi connectivity index (χ3v) is 2.00. The predicted octanol–water partition coefficient (Wildman–Crippen LogP) is 0.393. The lowest BCUT2D eigenvalue weighted by atomic mass is 10.3. The molecule has 0 radical (unpaired) electrons. The van der Waals surface area contributed by atoms with Crippen LogP contribution in [-0.2, 0) is 4.79 Å². The molecule has 0 bridgehead atoms. The number of carboxylic acids is 1. The zero-order chi connectivity index (χ0) is 10.1. The van der Waals surface area contributed by atoms with Crippen LogP contribution in [0.3, 0.4) is 0 Å². The van der Waals surface area contributed by atoms with Gasteiger partial charge in [-0.15, -0.1) is 0 Å². The molecule has 0 aliphatic rings. The highest BCUT2D eigenvalue weighted by molar-refractivity contribution is 5.68. The molecule has 78 valence electrons. The van der Waals surface area contributed by atoms with E-state index in [0.29, 0.717) is 0 Å². The molecule has 0 saturated carbocycles. The lowest BCUT2D eigenvalue weighted by molar-refractivity contribution is -0.135. The maximum absolute atomic E-state index is 10.1. The van der Waals surface area contributed by atoms with Crippen molar-refractivity contribution in [2.45, 2.75) is 20.3 Å². The molecule has 0 heterocycles. The normalized spacial score (nSPS) is 10.7.